The van der Waals surface area contributed by atoms with Gasteiger partial charge in [0, 0.05) is 26.1 Å². The van der Waals surface area contributed by atoms with Crippen LogP contribution in [-0.2, 0) is 19.1 Å². The number of Topliss-reactive ketones (excluding diaryl/α,β-unsaturated/α-hetero) is 2. The molecular weight excluding hydrogens is 220 g/mol. The van der Waals surface area contributed by atoms with Crippen molar-refractivity contribution in [2.75, 3.05) is 14.2 Å². The first-order valence-corrected chi connectivity index (χ1v) is 5.81. The van der Waals surface area contributed by atoms with Gasteiger partial charge in [0.15, 0.2) is 5.78 Å². The average molecular weight is 238 g/mol. The molecule has 0 heterocycles. The number of fused-ring (bicyclic) bond motifs is 2. The molecule has 0 aromatic heterocycles. The number of hydrogen-bond acceptors (Lipinski definition) is 4. The van der Waals surface area contributed by atoms with E-state index < -0.39 is 5.79 Å². The van der Waals surface area contributed by atoms with Crippen molar-refractivity contribution in [3.05, 3.63) is 11.6 Å². The van der Waals surface area contributed by atoms with Crippen molar-refractivity contribution in [2.24, 2.45) is 17.8 Å². The van der Waals surface area contributed by atoms with E-state index in [1.54, 1.807) is 6.92 Å². The monoisotopic (exact) mass is 238 g/mol. The highest BCUT2D eigenvalue weighted by Crippen LogP contribution is 2.49. The van der Waals surface area contributed by atoms with E-state index in [1.807, 2.05) is 13.0 Å². The summed E-state index contributed by atoms with van der Waals surface area (Å²) in [4.78, 5) is 24.1. The highest BCUT2D eigenvalue weighted by molar-refractivity contribution is 5.98. The maximum absolute atomic E-state index is 12.5. The first-order chi connectivity index (χ1) is 7.97. The Bertz CT molecular complexity index is 392. The molecule has 4 heteroatoms. The minimum absolute atomic E-state index is 0.0709. The molecule has 94 valence electrons. The lowest BCUT2D eigenvalue weighted by Gasteiger charge is -2.49. The topological polar surface area (TPSA) is 52.6 Å². The van der Waals surface area contributed by atoms with Gasteiger partial charge in [0.25, 0.3) is 0 Å². The van der Waals surface area contributed by atoms with Crippen molar-refractivity contribution >= 4 is 11.6 Å². The van der Waals surface area contributed by atoms with E-state index >= 15 is 0 Å². The van der Waals surface area contributed by atoms with Gasteiger partial charge in [-0.2, -0.15) is 0 Å². The van der Waals surface area contributed by atoms with Gasteiger partial charge in [0.05, 0.1) is 5.92 Å². The van der Waals surface area contributed by atoms with Crippen LogP contribution in [-0.4, -0.2) is 31.6 Å². The molecule has 3 aliphatic rings. The Kier molecular flexibility index (Phi) is 2.96. The highest BCUT2D eigenvalue weighted by atomic mass is 16.7. The predicted octanol–water partition coefficient (Wildman–Crippen LogP) is 1.35. The maximum atomic E-state index is 12.5. The standard InChI is InChI=1S/C13H18O4/c1-7-5-9-6-10(8(2)14)11(7)12(15)13(9,16-3)17-4/h5,9-11H,6H2,1-4H3/t9-,10-,11+/m0/s1. The summed E-state index contributed by atoms with van der Waals surface area (Å²) < 4.78 is 10.6. The van der Waals surface area contributed by atoms with Gasteiger partial charge in [-0.15, -0.1) is 0 Å². The van der Waals surface area contributed by atoms with E-state index in [4.69, 9.17) is 9.47 Å². The predicted molar refractivity (Wildman–Crippen MR) is 61.3 cm³/mol. The Morgan fingerprint density at radius 3 is 2.41 bits per heavy atom. The van der Waals surface area contributed by atoms with Gasteiger partial charge >= 0.3 is 0 Å². The molecule has 0 radical (unpaired) electrons. The molecule has 0 N–H and O–H groups in total. The lowest BCUT2D eigenvalue weighted by molar-refractivity contribution is -0.240. The summed E-state index contributed by atoms with van der Waals surface area (Å²) in [5, 5.41) is 0. The molecule has 1 fully saturated rings. The van der Waals surface area contributed by atoms with E-state index in [1.165, 1.54) is 14.2 Å². The second-order valence-corrected chi connectivity index (χ2v) is 4.89. The highest BCUT2D eigenvalue weighted by Gasteiger charge is 2.59. The lowest BCUT2D eigenvalue weighted by Crippen LogP contribution is -2.60. The van der Waals surface area contributed by atoms with Crippen LogP contribution in [0.15, 0.2) is 11.6 Å². The second-order valence-electron chi connectivity index (χ2n) is 4.89. The van der Waals surface area contributed by atoms with Crippen molar-refractivity contribution in [3.63, 3.8) is 0 Å². The zero-order valence-electron chi connectivity index (χ0n) is 10.6. The normalized spacial score (nSPS) is 34.7. The summed E-state index contributed by atoms with van der Waals surface area (Å²) >= 11 is 0. The van der Waals surface area contributed by atoms with Crippen molar-refractivity contribution in [3.8, 4) is 0 Å². The van der Waals surface area contributed by atoms with Crippen LogP contribution in [0, 0.1) is 17.8 Å². The quantitative estimate of drug-likeness (QED) is 0.550. The molecule has 0 spiro atoms. The molecule has 1 saturated carbocycles. The summed E-state index contributed by atoms with van der Waals surface area (Å²) in [5.41, 5.74) is 0.969. The van der Waals surface area contributed by atoms with Gasteiger partial charge in [-0.25, -0.2) is 0 Å². The van der Waals surface area contributed by atoms with Crippen LogP contribution in [0.4, 0.5) is 0 Å². The summed E-state index contributed by atoms with van der Waals surface area (Å²) in [6.45, 7) is 3.45. The number of ketones is 2. The molecule has 0 aromatic rings. The number of hydrogen-bond donors (Lipinski definition) is 0. The first-order valence-electron chi connectivity index (χ1n) is 5.81. The number of allylic oxidation sites excluding steroid dienone is 1. The smallest absolute Gasteiger partial charge is 0.235 e. The molecule has 0 aromatic carbocycles. The first kappa shape index (κ1) is 12.5. The molecule has 0 saturated heterocycles. The summed E-state index contributed by atoms with van der Waals surface area (Å²) in [6.07, 6.45) is 2.64. The Morgan fingerprint density at radius 2 is 2.00 bits per heavy atom. The third-order valence-corrected chi connectivity index (χ3v) is 4.11. The fraction of sp³-hybridized carbons (Fsp3) is 0.692. The van der Waals surface area contributed by atoms with E-state index in [2.05, 4.69) is 0 Å². The number of ether oxygens (including phenoxy) is 2. The molecule has 2 bridgehead atoms. The van der Waals surface area contributed by atoms with Crippen molar-refractivity contribution < 1.29 is 19.1 Å². The lowest BCUT2D eigenvalue weighted by atomic mass is 9.61. The molecule has 3 aliphatic carbocycles. The Hall–Kier alpha value is -1.00. The molecule has 0 amide bonds. The molecule has 4 nitrogen and oxygen atoms in total. The minimum Gasteiger partial charge on any atom is -0.347 e. The molecule has 3 atom stereocenters. The third-order valence-electron chi connectivity index (χ3n) is 4.11. The van der Waals surface area contributed by atoms with Gasteiger partial charge in [-0.3, -0.25) is 9.59 Å². The summed E-state index contributed by atoms with van der Waals surface area (Å²) in [7, 11) is 2.96. The minimum atomic E-state index is -1.18. The van der Waals surface area contributed by atoms with E-state index in [9.17, 15) is 9.59 Å². The van der Waals surface area contributed by atoms with Crippen LogP contribution < -0.4 is 0 Å². The van der Waals surface area contributed by atoms with Crippen LogP contribution in [0.5, 0.6) is 0 Å². The molecule has 3 rings (SSSR count). The van der Waals surface area contributed by atoms with Crippen LogP contribution in [0.25, 0.3) is 0 Å². The summed E-state index contributed by atoms with van der Waals surface area (Å²) in [6, 6.07) is 0. The van der Waals surface area contributed by atoms with Gasteiger partial charge in [-0.1, -0.05) is 11.6 Å². The average Bonchev–Trinajstić information content (AvgIpc) is 2.29. The molecule has 17 heavy (non-hydrogen) atoms. The number of carbonyl (C=O) groups excluding carboxylic acids is 2. The van der Waals surface area contributed by atoms with Crippen LogP contribution >= 0.6 is 0 Å². The molecule has 0 unspecified atom stereocenters. The number of rotatable bonds is 3. The fourth-order valence-corrected chi connectivity index (χ4v) is 3.26. The second kappa shape index (κ2) is 4.03. The van der Waals surface area contributed by atoms with Gasteiger partial charge in [0.1, 0.15) is 5.78 Å². The van der Waals surface area contributed by atoms with Gasteiger partial charge in [-0.05, 0) is 20.3 Å². The van der Waals surface area contributed by atoms with E-state index in [0.717, 1.165) is 5.57 Å². The Morgan fingerprint density at radius 1 is 1.41 bits per heavy atom. The van der Waals surface area contributed by atoms with Gasteiger partial charge < -0.3 is 9.47 Å². The zero-order valence-corrected chi connectivity index (χ0v) is 10.6. The van der Waals surface area contributed by atoms with Crippen LogP contribution in [0.3, 0.4) is 0 Å². The van der Waals surface area contributed by atoms with E-state index in [-0.39, 0.29) is 29.3 Å². The fourth-order valence-electron chi connectivity index (χ4n) is 3.26. The zero-order chi connectivity index (χ0) is 12.8. The third kappa shape index (κ3) is 1.51. The Labute approximate surface area is 101 Å². The van der Waals surface area contributed by atoms with E-state index in [0.29, 0.717) is 6.42 Å². The van der Waals surface area contributed by atoms with Crippen LogP contribution in [0.1, 0.15) is 20.3 Å². The SMILES string of the molecule is COC1(OC)C(=O)[C@@H]2C(C)=C[C@H]1C[C@H]2C(C)=O. The number of methoxy groups -OCH3 is 2. The largest absolute Gasteiger partial charge is 0.347 e. The maximum Gasteiger partial charge on any atom is 0.235 e. The number of carbonyl (C=O) groups is 2. The van der Waals surface area contributed by atoms with Crippen molar-refractivity contribution in [2.45, 2.75) is 26.1 Å². The molecule has 0 aliphatic heterocycles. The van der Waals surface area contributed by atoms with Gasteiger partial charge in [0.2, 0.25) is 5.79 Å². The van der Waals surface area contributed by atoms with Crippen molar-refractivity contribution in [1.29, 1.82) is 0 Å². The summed E-state index contributed by atoms with van der Waals surface area (Å²) in [5.74, 6) is -1.98. The Balaban J connectivity index is 2.47. The molecular formula is C13H18O4. The van der Waals surface area contributed by atoms with Crippen LogP contribution in [0.2, 0.25) is 0 Å². The van der Waals surface area contributed by atoms with Crippen molar-refractivity contribution in [1.82, 2.24) is 0 Å².